The van der Waals surface area contributed by atoms with Crippen LogP contribution in [-0.2, 0) is 13.0 Å². The van der Waals surface area contributed by atoms with Crippen molar-refractivity contribution in [3.05, 3.63) is 34.3 Å². The van der Waals surface area contributed by atoms with Crippen LogP contribution in [0.1, 0.15) is 11.1 Å². The number of aliphatic hydroxyl groups is 2. The molecule has 2 nitrogen and oxygen atoms in total. The standard InChI is InChI=1S/C9H11ClO2/c10-9-7(4-5-11)2-1-3-8(9)6-12/h1-3,11-12H,4-6H2. The van der Waals surface area contributed by atoms with E-state index in [9.17, 15) is 0 Å². The van der Waals surface area contributed by atoms with Crippen LogP contribution in [0.4, 0.5) is 0 Å². The average molecular weight is 187 g/mol. The molecule has 0 saturated carbocycles. The van der Waals surface area contributed by atoms with Crippen molar-refractivity contribution in [2.45, 2.75) is 13.0 Å². The minimum atomic E-state index is -0.0574. The fourth-order valence-electron chi connectivity index (χ4n) is 1.07. The molecule has 0 aliphatic heterocycles. The Labute approximate surface area is 76.4 Å². The molecule has 1 rings (SSSR count). The largest absolute Gasteiger partial charge is 0.396 e. The van der Waals surface area contributed by atoms with Gasteiger partial charge in [0.2, 0.25) is 0 Å². The van der Waals surface area contributed by atoms with E-state index in [1.54, 1.807) is 6.07 Å². The van der Waals surface area contributed by atoms with Crippen molar-refractivity contribution >= 4 is 11.6 Å². The van der Waals surface area contributed by atoms with Gasteiger partial charge in [0.1, 0.15) is 0 Å². The quantitative estimate of drug-likeness (QED) is 0.749. The summed E-state index contributed by atoms with van der Waals surface area (Å²) in [6.45, 7) is 0.0205. The van der Waals surface area contributed by atoms with E-state index < -0.39 is 0 Å². The van der Waals surface area contributed by atoms with E-state index >= 15 is 0 Å². The summed E-state index contributed by atoms with van der Waals surface area (Å²) in [6, 6.07) is 5.43. The number of benzene rings is 1. The first-order valence-corrected chi connectivity index (χ1v) is 4.15. The van der Waals surface area contributed by atoms with E-state index in [0.29, 0.717) is 17.0 Å². The Morgan fingerprint density at radius 2 is 1.83 bits per heavy atom. The van der Waals surface area contributed by atoms with Crippen LogP contribution in [-0.4, -0.2) is 16.8 Å². The molecular weight excluding hydrogens is 176 g/mol. The summed E-state index contributed by atoms with van der Waals surface area (Å²) < 4.78 is 0. The molecule has 0 bridgehead atoms. The van der Waals surface area contributed by atoms with Gasteiger partial charge in [-0.1, -0.05) is 29.8 Å². The number of rotatable bonds is 3. The van der Waals surface area contributed by atoms with Crippen LogP contribution in [0.15, 0.2) is 18.2 Å². The van der Waals surface area contributed by atoms with Crippen molar-refractivity contribution in [3.63, 3.8) is 0 Å². The van der Waals surface area contributed by atoms with Gasteiger partial charge in [-0.2, -0.15) is 0 Å². The van der Waals surface area contributed by atoms with E-state index in [2.05, 4.69) is 0 Å². The lowest BCUT2D eigenvalue weighted by molar-refractivity contribution is 0.281. The van der Waals surface area contributed by atoms with Crippen LogP contribution in [0.2, 0.25) is 5.02 Å². The summed E-state index contributed by atoms with van der Waals surface area (Å²) in [7, 11) is 0. The van der Waals surface area contributed by atoms with Crippen molar-refractivity contribution < 1.29 is 10.2 Å². The SMILES string of the molecule is OCCc1cccc(CO)c1Cl. The summed E-state index contributed by atoms with van der Waals surface area (Å²) in [5, 5.41) is 18.1. The highest BCUT2D eigenvalue weighted by atomic mass is 35.5. The van der Waals surface area contributed by atoms with Crippen molar-refractivity contribution in [2.75, 3.05) is 6.61 Å². The van der Waals surface area contributed by atoms with E-state index in [1.807, 2.05) is 12.1 Å². The molecule has 66 valence electrons. The Morgan fingerprint density at radius 1 is 1.17 bits per heavy atom. The lowest BCUT2D eigenvalue weighted by Gasteiger charge is -2.05. The van der Waals surface area contributed by atoms with Gasteiger partial charge in [-0.15, -0.1) is 0 Å². The first-order chi connectivity index (χ1) is 5.79. The molecule has 1 aromatic rings. The smallest absolute Gasteiger partial charge is 0.0696 e. The van der Waals surface area contributed by atoms with Gasteiger partial charge in [0.25, 0.3) is 0 Å². The summed E-state index contributed by atoms with van der Waals surface area (Å²) in [6.07, 6.45) is 0.534. The van der Waals surface area contributed by atoms with E-state index in [-0.39, 0.29) is 13.2 Å². The predicted molar refractivity (Wildman–Crippen MR) is 48.2 cm³/mol. The lowest BCUT2D eigenvalue weighted by Crippen LogP contribution is -1.94. The number of hydrogen-bond acceptors (Lipinski definition) is 2. The number of hydrogen-bond donors (Lipinski definition) is 2. The van der Waals surface area contributed by atoms with Crippen LogP contribution < -0.4 is 0 Å². The Morgan fingerprint density at radius 3 is 2.42 bits per heavy atom. The Kier molecular flexibility index (Phi) is 3.53. The van der Waals surface area contributed by atoms with Crippen molar-refractivity contribution in [1.29, 1.82) is 0 Å². The van der Waals surface area contributed by atoms with Gasteiger partial charge >= 0.3 is 0 Å². The third kappa shape index (κ3) is 1.97. The molecule has 2 N–H and O–H groups in total. The third-order valence-corrected chi connectivity index (χ3v) is 2.20. The lowest BCUT2D eigenvalue weighted by atomic mass is 10.1. The molecule has 12 heavy (non-hydrogen) atoms. The molecule has 1 aromatic carbocycles. The van der Waals surface area contributed by atoms with E-state index in [1.165, 1.54) is 0 Å². The summed E-state index contributed by atoms with van der Waals surface area (Å²) in [5.74, 6) is 0. The second-order valence-electron chi connectivity index (χ2n) is 2.52. The zero-order valence-electron chi connectivity index (χ0n) is 6.63. The zero-order valence-corrected chi connectivity index (χ0v) is 7.38. The Bertz CT molecular complexity index is 261. The highest BCUT2D eigenvalue weighted by molar-refractivity contribution is 6.32. The van der Waals surface area contributed by atoms with Crippen LogP contribution in [0.25, 0.3) is 0 Å². The van der Waals surface area contributed by atoms with Gasteiger partial charge in [0.15, 0.2) is 0 Å². The van der Waals surface area contributed by atoms with Gasteiger partial charge in [0, 0.05) is 11.6 Å². The normalized spacial score (nSPS) is 10.2. The Balaban J connectivity index is 2.97. The first kappa shape index (κ1) is 9.52. The molecule has 0 fully saturated rings. The second-order valence-corrected chi connectivity index (χ2v) is 2.90. The third-order valence-electron chi connectivity index (χ3n) is 1.71. The molecular formula is C9H11ClO2. The van der Waals surface area contributed by atoms with Crippen LogP contribution >= 0.6 is 11.6 Å². The van der Waals surface area contributed by atoms with Gasteiger partial charge in [-0.05, 0) is 17.5 Å². The highest BCUT2D eigenvalue weighted by Gasteiger charge is 2.03. The summed E-state index contributed by atoms with van der Waals surface area (Å²) in [4.78, 5) is 0. The maximum absolute atomic E-state index is 8.86. The fraction of sp³-hybridized carbons (Fsp3) is 0.333. The summed E-state index contributed by atoms with van der Waals surface area (Å²) in [5.41, 5.74) is 1.59. The van der Waals surface area contributed by atoms with Gasteiger partial charge < -0.3 is 10.2 Å². The highest BCUT2D eigenvalue weighted by Crippen LogP contribution is 2.21. The van der Waals surface area contributed by atoms with Crippen molar-refractivity contribution in [3.8, 4) is 0 Å². The van der Waals surface area contributed by atoms with Crippen LogP contribution in [0.5, 0.6) is 0 Å². The molecule has 3 heteroatoms. The van der Waals surface area contributed by atoms with Gasteiger partial charge in [-0.25, -0.2) is 0 Å². The molecule has 0 amide bonds. The zero-order chi connectivity index (χ0) is 8.97. The van der Waals surface area contributed by atoms with Crippen molar-refractivity contribution in [2.24, 2.45) is 0 Å². The second kappa shape index (κ2) is 4.45. The molecule has 0 unspecified atom stereocenters. The molecule has 0 heterocycles. The molecule has 0 aliphatic carbocycles. The first-order valence-electron chi connectivity index (χ1n) is 3.77. The molecule has 0 aromatic heterocycles. The average Bonchev–Trinajstić information content (AvgIpc) is 2.09. The van der Waals surface area contributed by atoms with Crippen LogP contribution in [0.3, 0.4) is 0 Å². The minimum Gasteiger partial charge on any atom is -0.396 e. The van der Waals surface area contributed by atoms with E-state index in [4.69, 9.17) is 21.8 Å². The maximum atomic E-state index is 8.86. The minimum absolute atomic E-state index is 0.0574. The van der Waals surface area contributed by atoms with Crippen molar-refractivity contribution in [1.82, 2.24) is 0 Å². The molecule has 0 aliphatic rings. The molecule has 0 atom stereocenters. The topological polar surface area (TPSA) is 40.5 Å². The molecule has 0 saturated heterocycles. The molecule has 0 spiro atoms. The number of halogens is 1. The fourth-order valence-corrected chi connectivity index (χ4v) is 1.35. The van der Waals surface area contributed by atoms with Gasteiger partial charge in [-0.3, -0.25) is 0 Å². The number of aliphatic hydroxyl groups excluding tert-OH is 2. The monoisotopic (exact) mass is 186 g/mol. The van der Waals surface area contributed by atoms with Crippen LogP contribution in [0, 0.1) is 0 Å². The molecule has 0 radical (unpaired) electrons. The van der Waals surface area contributed by atoms with Gasteiger partial charge in [0.05, 0.1) is 6.61 Å². The maximum Gasteiger partial charge on any atom is 0.0696 e. The summed E-state index contributed by atoms with van der Waals surface area (Å²) >= 11 is 5.92. The Hall–Kier alpha value is -0.570. The predicted octanol–water partition coefficient (Wildman–Crippen LogP) is 1.37. The van der Waals surface area contributed by atoms with E-state index in [0.717, 1.165) is 5.56 Å².